The van der Waals surface area contributed by atoms with Crippen molar-refractivity contribution in [3.8, 4) is 5.75 Å². The van der Waals surface area contributed by atoms with Crippen LogP contribution in [0.2, 0.25) is 0 Å². The molecule has 0 saturated heterocycles. The molecule has 7 nitrogen and oxygen atoms in total. The van der Waals surface area contributed by atoms with Crippen LogP contribution in [0.4, 0.5) is 5.69 Å². The Morgan fingerprint density at radius 2 is 2.03 bits per heavy atom. The maximum absolute atomic E-state index is 12.7. The Labute approximate surface area is 199 Å². The van der Waals surface area contributed by atoms with Crippen LogP contribution in [0.25, 0.3) is 4.96 Å². The van der Waals surface area contributed by atoms with E-state index in [9.17, 15) is 9.59 Å². The van der Waals surface area contributed by atoms with E-state index in [0.29, 0.717) is 33.4 Å². The Balaban J connectivity index is 1.49. The molecule has 2 heterocycles. The molecule has 4 aromatic rings. The largest absolute Gasteiger partial charge is 0.497 e. The van der Waals surface area contributed by atoms with E-state index in [2.05, 4.69) is 22.3 Å². The SMILES string of the molecule is CCCCc1nn2c(=O)cc(CSc3ccccc3NC(=O)c3cccc(OC)c3)nc2s1. The summed E-state index contributed by atoms with van der Waals surface area (Å²) in [5, 5.41) is 8.29. The molecule has 0 saturated carbocycles. The number of benzene rings is 2. The van der Waals surface area contributed by atoms with Gasteiger partial charge in [0.1, 0.15) is 10.8 Å². The first-order valence-electron chi connectivity index (χ1n) is 10.6. The van der Waals surface area contributed by atoms with E-state index in [1.807, 2.05) is 24.3 Å². The summed E-state index contributed by atoms with van der Waals surface area (Å²) in [6.45, 7) is 2.13. The molecule has 0 radical (unpaired) electrons. The number of aromatic nitrogens is 3. The van der Waals surface area contributed by atoms with Crippen molar-refractivity contribution >= 4 is 39.7 Å². The molecule has 0 aliphatic rings. The van der Waals surface area contributed by atoms with Crippen molar-refractivity contribution in [3.05, 3.63) is 81.2 Å². The van der Waals surface area contributed by atoms with E-state index in [4.69, 9.17) is 4.74 Å². The molecule has 33 heavy (non-hydrogen) atoms. The van der Waals surface area contributed by atoms with E-state index in [1.165, 1.54) is 33.7 Å². The second-order valence-electron chi connectivity index (χ2n) is 7.35. The van der Waals surface area contributed by atoms with Gasteiger partial charge in [-0.3, -0.25) is 9.59 Å². The number of nitrogens with zero attached hydrogens (tertiary/aromatic N) is 3. The Bertz CT molecular complexity index is 1330. The molecule has 2 aromatic carbocycles. The summed E-state index contributed by atoms with van der Waals surface area (Å²) in [6.07, 6.45) is 2.97. The molecular formula is C24H24N4O3S2. The second kappa shape index (κ2) is 10.6. The summed E-state index contributed by atoms with van der Waals surface area (Å²) in [4.78, 5) is 31.4. The van der Waals surface area contributed by atoms with E-state index in [-0.39, 0.29) is 11.5 Å². The van der Waals surface area contributed by atoms with Crippen LogP contribution < -0.4 is 15.6 Å². The van der Waals surface area contributed by atoms with E-state index >= 15 is 0 Å². The predicted molar refractivity (Wildman–Crippen MR) is 133 cm³/mol. The summed E-state index contributed by atoms with van der Waals surface area (Å²) >= 11 is 2.98. The van der Waals surface area contributed by atoms with Crippen molar-refractivity contribution < 1.29 is 9.53 Å². The molecule has 0 fully saturated rings. The lowest BCUT2D eigenvalue weighted by atomic mass is 10.2. The number of carbonyl (C=O) groups excluding carboxylic acids is 1. The normalized spacial score (nSPS) is 11.0. The summed E-state index contributed by atoms with van der Waals surface area (Å²) in [6, 6.07) is 16.1. The fourth-order valence-corrected chi connectivity index (χ4v) is 5.07. The molecule has 0 spiro atoms. The van der Waals surface area contributed by atoms with Gasteiger partial charge in [-0.15, -0.1) is 11.8 Å². The molecule has 2 aromatic heterocycles. The fraction of sp³-hybridized carbons (Fsp3) is 0.250. The predicted octanol–water partition coefficient (Wildman–Crippen LogP) is 5.05. The number of methoxy groups -OCH3 is 1. The third-order valence-corrected chi connectivity index (χ3v) is 7.00. The van der Waals surface area contributed by atoms with Crippen LogP contribution in [-0.4, -0.2) is 27.6 Å². The molecule has 9 heteroatoms. The maximum atomic E-state index is 12.7. The number of anilines is 1. The third kappa shape index (κ3) is 5.61. The van der Waals surface area contributed by atoms with Crippen molar-refractivity contribution in [2.24, 2.45) is 0 Å². The minimum Gasteiger partial charge on any atom is -0.497 e. The van der Waals surface area contributed by atoms with E-state index in [0.717, 1.165) is 29.2 Å². The van der Waals surface area contributed by atoms with Gasteiger partial charge in [-0.05, 0) is 36.8 Å². The number of amides is 1. The highest BCUT2D eigenvalue weighted by molar-refractivity contribution is 7.98. The van der Waals surface area contributed by atoms with Crippen LogP contribution in [0.5, 0.6) is 5.75 Å². The Kier molecular flexibility index (Phi) is 7.41. The zero-order valence-corrected chi connectivity index (χ0v) is 20.0. The highest BCUT2D eigenvalue weighted by Gasteiger charge is 2.12. The van der Waals surface area contributed by atoms with Crippen LogP contribution in [0, 0.1) is 0 Å². The summed E-state index contributed by atoms with van der Waals surface area (Å²) in [7, 11) is 1.57. The van der Waals surface area contributed by atoms with Crippen molar-refractivity contribution in [1.29, 1.82) is 0 Å². The number of fused-ring (bicyclic) bond motifs is 1. The van der Waals surface area contributed by atoms with Gasteiger partial charge in [0.15, 0.2) is 0 Å². The number of nitrogens with one attached hydrogen (secondary N) is 1. The van der Waals surface area contributed by atoms with Gasteiger partial charge in [0.05, 0.1) is 18.5 Å². The first-order chi connectivity index (χ1) is 16.1. The topological polar surface area (TPSA) is 85.6 Å². The van der Waals surface area contributed by atoms with Gasteiger partial charge in [0.2, 0.25) is 4.96 Å². The first-order valence-corrected chi connectivity index (χ1v) is 12.4. The lowest BCUT2D eigenvalue weighted by Crippen LogP contribution is -2.15. The Hall–Kier alpha value is -3.17. The average molecular weight is 481 g/mol. The molecular weight excluding hydrogens is 456 g/mol. The van der Waals surface area contributed by atoms with Gasteiger partial charge >= 0.3 is 0 Å². The Morgan fingerprint density at radius 3 is 2.85 bits per heavy atom. The molecule has 0 aliphatic carbocycles. The third-order valence-electron chi connectivity index (χ3n) is 4.93. The number of carbonyl (C=O) groups is 1. The van der Waals surface area contributed by atoms with Crippen LogP contribution in [0.3, 0.4) is 0 Å². The zero-order valence-electron chi connectivity index (χ0n) is 18.4. The smallest absolute Gasteiger partial charge is 0.275 e. The number of hydrogen-bond donors (Lipinski definition) is 1. The number of thioether (sulfide) groups is 1. The van der Waals surface area contributed by atoms with Gasteiger partial charge in [0.25, 0.3) is 11.5 Å². The number of para-hydroxylation sites is 1. The molecule has 1 amide bonds. The van der Waals surface area contributed by atoms with Gasteiger partial charge in [-0.25, -0.2) is 4.98 Å². The quantitative estimate of drug-likeness (QED) is 0.338. The molecule has 0 unspecified atom stereocenters. The summed E-state index contributed by atoms with van der Waals surface area (Å²) in [5.74, 6) is 0.906. The lowest BCUT2D eigenvalue weighted by Gasteiger charge is -2.11. The molecule has 0 atom stereocenters. The molecule has 1 N–H and O–H groups in total. The summed E-state index contributed by atoms with van der Waals surface area (Å²) < 4.78 is 6.59. The zero-order chi connectivity index (χ0) is 23.2. The molecule has 0 bridgehead atoms. The average Bonchev–Trinajstić information content (AvgIpc) is 3.26. The van der Waals surface area contributed by atoms with Gasteiger partial charge in [-0.2, -0.15) is 9.61 Å². The van der Waals surface area contributed by atoms with Crippen molar-refractivity contribution in [1.82, 2.24) is 14.6 Å². The molecule has 0 aliphatic heterocycles. The molecule has 4 rings (SSSR count). The van der Waals surface area contributed by atoms with E-state index in [1.54, 1.807) is 31.4 Å². The monoisotopic (exact) mass is 480 g/mol. The minimum atomic E-state index is -0.219. The number of rotatable bonds is 9. The Morgan fingerprint density at radius 1 is 1.18 bits per heavy atom. The van der Waals surface area contributed by atoms with Crippen LogP contribution in [0.15, 0.2) is 64.3 Å². The first kappa shape index (κ1) is 23.0. The highest BCUT2D eigenvalue weighted by Crippen LogP contribution is 2.30. The van der Waals surface area contributed by atoms with E-state index < -0.39 is 0 Å². The van der Waals surface area contributed by atoms with Crippen LogP contribution in [-0.2, 0) is 12.2 Å². The number of unbranched alkanes of at least 4 members (excludes halogenated alkanes) is 1. The van der Waals surface area contributed by atoms with Crippen molar-refractivity contribution in [2.45, 2.75) is 36.8 Å². The number of ether oxygens (including phenoxy) is 1. The van der Waals surface area contributed by atoms with Crippen LogP contribution in [0.1, 0.15) is 40.8 Å². The van der Waals surface area contributed by atoms with Gasteiger partial charge in [0, 0.05) is 28.7 Å². The van der Waals surface area contributed by atoms with Crippen molar-refractivity contribution in [2.75, 3.05) is 12.4 Å². The van der Waals surface area contributed by atoms with Crippen LogP contribution >= 0.6 is 23.1 Å². The standard InChI is InChI=1S/C24H24N4O3S2/c1-3-4-12-21-27-28-22(29)14-17(25-24(28)33-21)15-32-20-11-6-5-10-19(20)26-23(30)16-8-7-9-18(13-16)31-2/h5-11,13-14H,3-4,12,15H2,1-2H3,(H,26,30). The minimum absolute atomic E-state index is 0.172. The number of hydrogen-bond acceptors (Lipinski definition) is 7. The molecule has 170 valence electrons. The maximum Gasteiger partial charge on any atom is 0.275 e. The van der Waals surface area contributed by atoms with Gasteiger partial charge < -0.3 is 10.1 Å². The van der Waals surface area contributed by atoms with Gasteiger partial charge in [-0.1, -0.05) is 42.9 Å². The number of aryl methyl sites for hydroxylation is 1. The summed E-state index contributed by atoms with van der Waals surface area (Å²) in [5.41, 5.74) is 1.73. The lowest BCUT2D eigenvalue weighted by molar-refractivity contribution is 0.102. The highest BCUT2D eigenvalue weighted by atomic mass is 32.2. The van der Waals surface area contributed by atoms with Crippen molar-refractivity contribution in [3.63, 3.8) is 0 Å². The fourth-order valence-electron chi connectivity index (χ4n) is 3.21. The second-order valence-corrected chi connectivity index (χ2v) is 9.41.